The molecule has 1 aliphatic rings. The van der Waals surface area contributed by atoms with Crippen molar-refractivity contribution in [2.24, 2.45) is 5.92 Å². The van der Waals surface area contributed by atoms with Crippen molar-refractivity contribution in [1.29, 1.82) is 0 Å². The average molecular weight is 388 g/mol. The van der Waals surface area contributed by atoms with Gasteiger partial charge < -0.3 is 24.1 Å². The summed E-state index contributed by atoms with van der Waals surface area (Å²) in [5, 5.41) is 8.72. The maximum absolute atomic E-state index is 12.2. The lowest BCUT2D eigenvalue weighted by Crippen LogP contribution is -2.12. The molecule has 0 heterocycles. The molecule has 0 spiro atoms. The van der Waals surface area contributed by atoms with Gasteiger partial charge in [0.25, 0.3) is 0 Å². The monoisotopic (exact) mass is 388 g/mol. The van der Waals surface area contributed by atoms with Crippen LogP contribution in [-0.4, -0.2) is 38.4 Å². The van der Waals surface area contributed by atoms with Crippen molar-refractivity contribution < 1.29 is 33.6 Å². The maximum Gasteiger partial charge on any atom is 0.327 e. The Labute approximate surface area is 163 Å². The number of carboxylic acid groups (broad SMARTS) is 1. The first-order valence-electron chi connectivity index (χ1n) is 8.75. The van der Waals surface area contributed by atoms with Gasteiger partial charge in [0, 0.05) is 18.4 Å². The zero-order chi connectivity index (χ0) is 20.5. The Morgan fingerprint density at radius 3 is 2.50 bits per heavy atom. The number of allylic oxidation sites excluding steroid dienone is 3. The van der Waals surface area contributed by atoms with E-state index >= 15 is 0 Å². The van der Waals surface area contributed by atoms with Crippen molar-refractivity contribution in [1.82, 2.24) is 0 Å². The molecular formula is C21H24O7. The van der Waals surface area contributed by atoms with Crippen LogP contribution in [0.2, 0.25) is 0 Å². The molecule has 150 valence electrons. The lowest BCUT2D eigenvalue weighted by atomic mass is 9.98. The Balaban J connectivity index is 1.94. The van der Waals surface area contributed by atoms with Gasteiger partial charge in [0.05, 0.1) is 21.3 Å². The summed E-state index contributed by atoms with van der Waals surface area (Å²) in [6.45, 7) is 0. The van der Waals surface area contributed by atoms with Gasteiger partial charge in [-0.15, -0.1) is 0 Å². The topological polar surface area (TPSA) is 91.3 Å². The predicted octanol–water partition coefficient (Wildman–Crippen LogP) is 3.25. The highest BCUT2D eigenvalue weighted by molar-refractivity contribution is 5.79. The van der Waals surface area contributed by atoms with E-state index in [0.29, 0.717) is 35.9 Å². The quantitative estimate of drug-likeness (QED) is 0.513. The van der Waals surface area contributed by atoms with Gasteiger partial charge in [-0.3, -0.25) is 4.79 Å². The number of aliphatic carboxylic acids is 1. The molecule has 7 nitrogen and oxygen atoms in total. The number of benzene rings is 1. The highest BCUT2D eigenvalue weighted by atomic mass is 16.6. The van der Waals surface area contributed by atoms with Gasteiger partial charge in [-0.25, -0.2) is 4.79 Å². The van der Waals surface area contributed by atoms with E-state index in [1.165, 1.54) is 7.11 Å². The van der Waals surface area contributed by atoms with E-state index in [4.69, 9.17) is 24.1 Å². The number of esters is 1. The second-order valence-corrected chi connectivity index (χ2v) is 6.06. The largest absolute Gasteiger partial charge is 0.493 e. The van der Waals surface area contributed by atoms with Gasteiger partial charge in [-0.1, -0.05) is 12.1 Å². The minimum absolute atomic E-state index is 0.125. The smallest absolute Gasteiger partial charge is 0.327 e. The number of rotatable bonds is 9. The van der Waals surface area contributed by atoms with Crippen LogP contribution >= 0.6 is 0 Å². The zero-order valence-corrected chi connectivity index (χ0v) is 16.1. The molecule has 0 saturated heterocycles. The third-order valence-corrected chi connectivity index (χ3v) is 4.18. The average Bonchev–Trinajstić information content (AvgIpc) is 2.71. The molecular weight excluding hydrogens is 364 g/mol. The van der Waals surface area contributed by atoms with Crippen LogP contribution < -0.4 is 9.47 Å². The third-order valence-electron chi connectivity index (χ3n) is 4.18. The molecule has 1 N–H and O–H groups in total. The number of ether oxygens (including phenoxy) is 4. The van der Waals surface area contributed by atoms with E-state index in [9.17, 15) is 9.59 Å². The number of methoxy groups -OCH3 is 3. The van der Waals surface area contributed by atoms with E-state index in [1.54, 1.807) is 38.5 Å². The molecule has 0 bridgehead atoms. The highest BCUT2D eigenvalue weighted by Gasteiger charge is 2.19. The fourth-order valence-corrected chi connectivity index (χ4v) is 2.75. The molecule has 0 fully saturated rings. The van der Waals surface area contributed by atoms with Crippen molar-refractivity contribution in [3.8, 4) is 11.5 Å². The van der Waals surface area contributed by atoms with Crippen molar-refractivity contribution >= 4 is 11.9 Å². The molecule has 0 saturated carbocycles. The standard InChI is InChI=1S/C21H24O7/c1-25-16-8-4-15(12-18(16)26-2)7-11-21(24)28-17-9-5-14(6-10-20(22)23)13-19(17)27-3/h4,6,8-10,12-14H,5,7,11H2,1-3H3,(H,22,23). The second kappa shape index (κ2) is 10.2. The predicted molar refractivity (Wildman–Crippen MR) is 102 cm³/mol. The zero-order valence-electron chi connectivity index (χ0n) is 16.1. The van der Waals surface area contributed by atoms with E-state index in [2.05, 4.69) is 0 Å². The number of carbonyl (C=O) groups is 2. The third kappa shape index (κ3) is 5.90. The highest BCUT2D eigenvalue weighted by Crippen LogP contribution is 2.29. The Hall–Kier alpha value is -3.22. The molecule has 1 aromatic rings. The minimum Gasteiger partial charge on any atom is -0.493 e. The van der Waals surface area contributed by atoms with E-state index in [0.717, 1.165) is 11.6 Å². The van der Waals surface area contributed by atoms with Crippen LogP contribution in [0, 0.1) is 5.92 Å². The fourth-order valence-electron chi connectivity index (χ4n) is 2.75. The first kappa shape index (κ1) is 21.1. The van der Waals surface area contributed by atoms with Gasteiger partial charge >= 0.3 is 11.9 Å². The van der Waals surface area contributed by atoms with Crippen molar-refractivity contribution in [2.75, 3.05) is 21.3 Å². The minimum atomic E-state index is -1.01. The van der Waals surface area contributed by atoms with Crippen LogP contribution in [-0.2, 0) is 25.5 Å². The lowest BCUT2D eigenvalue weighted by Gasteiger charge is -2.18. The molecule has 0 aliphatic heterocycles. The van der Waals surface area contributed by atoms with Crippen molar-refractivity contribution in [3.63, 3.8) is 0 Å². The Bertz CT molecular complexity index is 805. The van der Waals surface area contributed by atoms with Gasteiger partial charge in [0.1, 0.15) is 0 Å². The number of carbonyl (C=O) groups excluding carboxylic acids is 1. The summed E-state index contributed by atoms with van der Waals surface area (Å²) in [6, 6.07) is 5.49. The molecule has 2 rings (SSSR count). The van der Waals surface area contributed by atoms with Crippen LogP contribution in [0.15, 0.2) is 54.0 Å². The molecule has 1 atom stereocenters. The van der Waals surface area contributed by atoms with E-state index in [1.807, 2.05) is 12.1 Å². The van der Waals surface area contributed by atoms with Crippen molar-refractivity contribution in [2.45, 2.75) is 19.3 Å². The van der Waals surface area contributed by atoms with E-state index < -0.39 is 5.97 Å². The summed E-state index contributed by atoms with van der Waals surface area (Å²) >= 11 is 0. The van der Waals surface area contributed by atoms with Crippen molar-refractivity contribution in [3.05, 3.63) is 59.6 Å². The molecule has 1 aromatic carbocycles. The summed E-state index contributed by atoms with van der Waals surface area (Å²) in [7, 11) is 4.60. The summed E-state index contributed by atoms with van der Waals surface area (Å²) in [5.41, 5.74) is 0.925. The molecule has 7 heteroatoms. The van der Waals surface area contributed by atoms with Gasteiger partial charge in [-0.2, -0.15) is 0 Å². The second-order valence-electron chi connectivity index (χ2n) is 6.06. The number of hydrogen-bond donors (Lipinski definition) is 1. The van der Waals surface area contributed by atoms with Gasteiger partial charge in [0.2, 0.25) is 0 Å². The first-order chi connectivity index (χ1) is 13.5. The molecule has 1 aliphatic carbocycles. The Morgan fingerprint density at radius 1 is 1.11 bits per heavy atom. The summed E-state index contributed by atoms with van der Waals surface area (Å²) < 4.78 is 21.1. The van der Waals surface area contributed by atoms with Crippen LogP contribution in [0.4, 0.5) is 0 Å². The summed E-state index contributed by atoms with van der Waals surface area (Å²) in [6.07, 6.45) is 7.31. The number of hydrogen-bond acceptors (Lipinski definition) is 6. The van der Waals surface area contributed by atoms with Crippen LogP contribution in [0.3, 0.4) is 0 Å². The molecule has 1 unspecified atom stereocenters. The van der Waals surface area contributed by atoms with E-state index in [-0.39, 0.29) is 18.3 Å². The SMILES string of the molecule is COC1=CC(C=CC(=O)O)CC=C1OC(=O)CCc1ccc(OC)c(OC)c1. The maximum atomic E-state index is 12.2. The van der Waals surface area contributed by atoms with Crippen LogP contribution in [0.1, 0.15) is 18.4 Å². The lowest BCUT2D eigenvalue weighted by molar-refractivity contribution is -0.139. The molecule has 28 heavy (non-hydrogen) atoms. The fraction of sp³-hybridized carbons (Fsp3) is 0.333. The normalized spacial score (nSPS) is 16.2. The Morgan fingerprint density at radius 2 is 1.86 bits per heavy atom. The number of aryl methyl sites for hydroxylation is 1. The summed E-state index contributed by atoms with van der Waals surface area (Å²) in [5.74, 6) is 0.467. The van der Waals surface area contributed by atoms with Crippen LogP contribution in [0.25, 0.3) is 0 Å². The summed E-state index contributed by atoms with van der Waals surface area (Å²) in [4.78, 5) is 22.9. The Kier molecular flexibility index (Phi) is 7.68. The first-order valence-corrected chi connectivity index (χ1v) is 8.75. The van der Waals surface area contributed by atoms with Crippen LogP contribution in [0.5, 0.6) is 11.5 Å². The molecule has 0 aromatic heterocycles. The van der Waals surface area contributed by atoms with Gasteiger partial charge in [-0.05, 0) is 42.7 Å². The molecule has 0 amide bonds. The van der Waals surface area contributed by atoms with Gasteiger partial charge in [0.15, 0.2) is 23.0 Å². The number of carboxylic acids is 1. The molecule has 0 radical (unpaired) electrons.